The largest absolute Gasteiger partial charge is 0.492 e. The van der Waals surface area contributed by atoms with Gasteiger partial charge in [0.05, 0.1) is 11.1 Å². The summed E-state index contributed by atoms with van der Waals surface area (Å²) in [5, 5.41) is 2.87. The van der Waals surface area contributed by atoms with Gasteiger partial charge in [-0.25, -0.2) is 0 Å². The van der Waals surface area contributed by atoms with Crippen molar-refractivity contribution in [3.05, 3.63) is 28.2 Å². The number of amides is 1. The van der Waals surface area contributed by atoms with Gasteiger partial charge in [-0.1, -0.05) is 26.8 Å². The summed E-state index contributed by atoms with van der Waals surface area (Å²) in [5.74, 6) is 0.906. The van der Waals surface area contributed by atoms with Crippen molar-refractivity contribution in [1.29, 1.82) is 0 Å². The van der Waals surface area contributed by atoms with Gasteiger partial charge >= 0.3 is 0 Å². The zero-order valence-corrected chi connectivity index (χ0v) is 15.2. The van der Waals surface area contributed by atoms with Gasteiger partial charge in [-0.3, -0.25) is 4.79 Å². The number of halogens is 1. The van der Waals surface area contributed by atoms with Crippen LogP contribution in [-0.4, -0.2) is 18.6 Å². The minimum Gasteiger partial charge on any atom is -0.492 e. The van der Waals surface area contributed by atoms with Crippen molar-refractivity contribution in [3.8, 4) is 5.75 Å². The number of carbonyl (C=O) groups is 1. The Balaban J connectivity index is 2.45. The SMILES string of the molecule is CC(C)NC(=O)CCCOc1ccc(C(C)(C)C)cc1Br. The molecule has 0 radical (unpaired) electrons. The fourth-order valence-corrected chi connectivity index (χ4v) is 2.39. The van der Waals surface area contributed by atoms with Crippen LogP contribution in [0.1, 0.15) is 53.0 Å². The van der Waals surface area contributed by atoms with Gasteiger partial charge < -0.3 is 10.1 Å². The molecule has 118 valence electrons. The van der Waals surface area contributed by atoms with E-state index in [1.807, 2.05) is 19.9 Å². The van der Waals surface area contributed by atoms with E-state index in [2.05, 4.69) is 54.2 Å². The van der Waals surface area contributed by atoms with Gasteiger partial charge in [0.15, 0.2) is 0 Å². The molecule has 1 N–H and O–H groups in total. The Morgan fingerprint density at radius 3 is 2.52 bits per heavy atom. The maximum Gasteiger partial charge on any atom is 0.220 e. The normalized spacial score (nSPS) is 11.6. The molecule has 1 aromatic carbocycles. The van der Waals surface area contributed by atoms with Crippen LogP contribution < -0.4 is 10.1 Å². The van der Waals surface area contributed by atoms with Crippen LogP contribution in [0.5, 0.6) is 5.75 Å². The predicted octanol–water partition coefficient (Wildman–Crippen LogP) is 4.43. The third kappa shape index (κ3) is 6.51. The number of rotatable bonds is 6. The van der Waals surface area contributed by atoms with Crippen LogP contribution in [0.2, 0.25) is 0 Å². The van der Waals surface area contributed by atoms with Gasteiger partial charge in [0.2, 0.25) is 5.91 Å². The molecule has 0 atom stereocenters. The van der Waals surface area contributed by atoms with Gasteiger partial charge in [-0.05, 0) is 59.3 Å². The quantitative estimate of drug-likeness (QED) is 0.766. The average molecular weight is 356 g/mol. The van der Waals surface area contributed by atoms with Crippen LogP contribution >= 0.6 is 15.9 Å². The van der Waals surface area contributed by atoms with E-state index < -0.39 is 0 Å². The summed E-state index contributed by atoms with van der Waals surface area (Å²) in [5.41, 5.74) is 1.38. The maximum atomic E-state index is 11.5. The number of hydrogen-bond donors (Lipinski definition) is 1. The van der Waals surface area contributed by atoms with E-state index in [9.17, 15) is 4.79 Å². The molecular weight excluding hydrogens is 330 g/mol. The highest BCUT2D eigenvalue weighted by Crippen LogP contribution is 2.31. The highest BCUT2D eigenvalue weighted by atomic mass is 79.9. The lowest BCUT2D eigenvalue weighted by molar-refractivity contribution is -0.121. The van der Waals surface area contributed by atoms with Gasteiger partial charge in [0.1, 0.15) is 5.75 Å². The first-order valence-corrected chi connectivity index (χ1v) is 8.21. The summed E-state index contributed by atoms with van der Waals surface area (Å²) in [4.78, 5) is 11.5. The molecule has 0 aliphatic rings. The smallest absolute Gasteiger partial charge is 0.220 e. The van der Waals surface area contributed by atoms with Crippen LogP contribution in [0, 0.1) is 0 Å². The first-order chi connectivity index (χ1) is 9.70. The lowest BCUT2D eigenvalue weighted by Gasteiger charge is -2.20. The number of nitrogens with one attached hydrogen (secondary N) is 1. The first-order valence-electron chi connectivity index (χ1n) is 7.42. The minimum atomic E-state index is 0.0794. The molecule has 1 amide bonds. The van der Waals surface area contributed by atoms with E-state index in [0.717, 1.165) is 10.2 Å². The molecule has 0 aromatic heterocycles. The lowest BCUT2D eigenvalue weighted by atomic mass is 9.87. The number of carbonyl (C=O) groups excluding carboxylic acids is 1. The van der Waals surface area contributed by atoms with Gasteiger partial charge in [-0.15, -0.1) is 0 Å². The number of ether oxygens (including phenoxy) is 1. The molecule has 21 heavy (non-hydrogen) atoms. The molecule has 0 heterocycles. The molecule has 3 nitrogen and oxygen atoms in total. The highest BCUT2D eigenvalue weighted by Gasteiger charge is 2.15. The molecule has 0 unspecified atom stereocenters. The molecule has 0 saturated carbocycles. The Morgan fingerprint density at radius 1 is 1.33 bits per heavy atom. The van der Waals surface area contributed by atoms with E-state index in [-0.39, 0.29) is 17.4 Å². The topological polar surface area (TPSA) is 38.3 Å². The molecule has 4 heteroatoms. The van der Waals surface area contributed by atoms with E-state index in [4.69, 9.17) is 4.74 Å². The highest BCUT2D eigenvalue weighted by molar-refractivity contribution is 9.10. The van der Waals surface area contributed by atoms with E-state index in [0.29, 0.717) is 19.4 Å². The van der Waals surface area contributed by atoms with Crippen molar-refractivity contribution >= 4 is 21.8 Å². The van der Waals surface area contributed by atoms with Crippen molar-refractivity contribution in [1.82, 2.24) is 5.32 Å². The monoisotopic (exact) mass is 355 g/mol. The van der Waals surface area contributed by atoms with E-state index in [1.165, 1.54) is 5.56 Å². The number of hydrogen-bond acceptors (Lipinski definition) is 2. The molecule has 0 saturated heterocycles. The van der Waals surface area contributed by atoms with Crippen LogP contribution in [0.4, 0.5) is 0 Å². The third-order valence-corrected chi connectivity index (χ3v) is 3.67. The first kappa shape index (κ1) is 18.0. The summed E-state index contributed by atoms with van der Waals surface area (Å²) in [6, 6.07) is 6.36. The standard InChI is InChI=1S/C17H26BrNO2/c1-12(2)19-16(20)7-6-10-21-15-9-8-13(11-14(15)18)17(3,4)5/h8-9,11-12H,6-7,10H2,1-5H3,(H,19,20). The van der Waals surface area contributed by atoms with Crippen LogP contribution in [0.25, 0.3) is 0 Å². The van der Waals surface area contributed by atoms with Crippen molar-refractivity contribution in [2.24, 2.45) is 0 Å². The maximum absolute atomic E-state index is 11.5. The second-order valence-corrected chi connectivity index (χ2v) is 7.42. The fourth-order valence-electron chi connectivity index (χ4n) is 1.89. The Labute approximate surface area is 136 Å². The second kappa shape index (κ2) is 7.83. The molecule has 1 rings (SSSR count). The lowest BCUT2D eigenvalue weighted by Crippen LogP contribution is -2.30. The molecule has 0 fully saturated rings. The second-order valence-electron chi connectivity index (χ2n) is 6.57. The molecule has 0 aliphatic heterocycles. The van der Waals surface area contributed by atoms with Crippen molar-refractivity contribution in [2.75, 3.05) is 6.61 Å². The predicted molar refractivity (Wildman–Crippen MR) is 90.8 cm³/mol. The fraction of sp³-hybridized carbons (Fsp3) is 0.588. The average Bonchev–Trinajstić information content (AvgIpc) is 2.34. The zero-order valence-electron chi connectivity index (χ0n) is 13.6. The Morgan fingerprint density at radius 2 is 2.00 bits per heavy atom. The summed E-state index contributed by atoms with van der Waals surface area (Å²) < 4.78 is 6.69. The molecule has 0 spiro atoms. The molecule has 0 aliphatic carbocycles. The Hall–Kier alpha value is -1.03. The summed E-state index contributed by atoms with van der Waals surface area (Å²) in [6.07, 6.45) is 1.21. The van der Waals surface area contributed by atoms with E-state index >= 15 is 0 Å². The van der Waals surface area contributed by atoms with Crippen molar-refractivity contribution in [3.63, 3.8) is 0 Å². The van der Waals surface area contributed by atoms with Crippen LogP contribution in [0.15, 0.2) is 22.7 Å². The van der Waals surface area contributed by atoms with Crippen LogP contribution in [-0.2, 0) is 10.2 Å². The molecule has 0 bridgehead atoms. The van der Waals surface area contributed by atoms with Gasteiger partial charge in [0.25, 0.3) is 0 Å². The van der Waals surface area contributed by atoms with Crippen LogP contribution in [0.3, 0.4) is 0 Å². The summed E-state index contributed by atoms with van der Waals surface area (Å²) >= 11 is 3.55. The third-order valence-electron chi connectivity index (χ3n) is 3.05. The Kier molecular flexibility index (Phi) is 6.72. The van der Waals surface area contributed by atoms with Gasteiger partial charge in [0, 0.05) is 12.5 Å². The minimum absolute atomic E-state index is 0.0794. The summed E-state index contributed by atoms with van der Waals surface area (Å²) in [7, 11) is 0. The zero-order chi connectivity index (χ0) is 16.0. The molecular formula is C17H26BrNO2. The Bertz CT molecular complexity index is 478. The van der Waals surface area contributed by atoms with E-state index in [1.54, 1.807) is 0 Å². The molecule has 1 aromatic rings. The van der Waals surface area contributed by atoms with Gasteiger partial charge in [-0.2, -0.15) is 0 Å². The number of benzene rings is 1. The summed E-state index contributed by atoms with van der Waals surface area (Å²) in [6.45, 7) is 11.0. The van der Waals surface area contributed by atoms with Crippen molar-refractivity contribution < 1.29 is 9.53 Å². The van der Waals surface area contributed by atoms with Crippen molar-refractivity contribution in [2.45, 2.75) is 58.9 Å².